The van der Waals surface area contributed by atoms with Gasteiger partial charge in [-0.15, -0.1) is 11.3 Å². The Morgan fingerprint density at radius 2 is 2.00 bits per heavy atom. The van der Waals surface area contributed by atoms with Crippen LogP contribution in [0.2, 0.25) is 0 Å². The third kappa shape index (κ3) is 3.50. The van der Waals surface area contributed by atoms with Crippen LogP contribution in [0.5, 0.6) is 0 Å². The molecule has 5 nitrogen and oxygen atoms in total. The number of thiophene rings is 1. The van der Waals surface area contributed by atoms with Crippen molar-refractivity contribution in [3.8, 4) is 0 Å². The lowest BCUT2D eigenvalue weighted by Gasteiger charge is -2.27. The number of carbonyl (C=O) groups is 1. The number of amides is 1. The normalized spacial score (nSPS) is 18.8. The fraction of sp³-hybridized carbons (Fsp3) is 0.190. The van der Waals surface area contributed by atoms with Gasteiger partial charge in [-0.2, -0.15) is 0 Å². The van der Waals surface area contributed by atoms with Crippen molar-refractivity contribution in [2.45, 2.75) is 25.9 Å². The van der Waals surface area contributed by atoms with Crippen LogP contribution < -0.4 is 15.5 Å². The summed E-state index contributed by atoms with van der Waals surface area (Å²) in [6.45, 7) is 3.63. The van der Waals surface area contributed by atoms with Crippen LogP contribution >= 0.6 is 23.6 Å². The molecule has 3 heterocycles. The second-order valence-corrected chi connectivity index (χ2v) is 8.03. The number of rotatable bonds is 4. The first-order chi connectivity index (χ1) is 13.5. The fourth-order valence-electron chi connectivity index (χ4n) is 3.50. The zero-order valence-electron chi connectivity index (χ0n) is 15.5. The lowest BCUT2D eigenvalue weighted by atomic mass is 10.0. The predicted octanol–water partition coefficient (Wildman–Crippen LogP) is 4.59. The van der Waals surface area contributed by atoms with Gasteiger partial charge in [0.25, 0.3) is 0 Å². The van der Waals surface area contributed by atoms with Crippen LogP contribution in [-0.4, -0.2) is 16.0 Å². The standard InChI is InChI=1S/C21H20N4OS2/c1-13-10-12-28-20(13)19-18(17-5-3-4-11-22-17)24-21(27)25(19)16-8-6-15(7-9-16)23-14(2)26/h3-12,18-19H,1-2H3,(H,23,26)(H,24,27)/t18-,19-/m1/s1. The largest absolute Gasteiger partial charge is 0.351 e. The molecule has 7 heteroatoms. The van der Waals surface area contributed by atoms with Gasteiger partial charge >= 0.3 is 0 Å². The summed E-state index contributed by atoms with van der Waals surface area (Å²) < 4.78 is 0. The Balaban J connectivity index is 1.75. The summed E-state index contributed by atoms with van der Waals surface area (Å²) in [6.07, 6.45) is 1.81. The second kappa shape index (κ2) is 7.69. The van der Waals surface area contributed by atoms with E-state index in [0.717, 1.165) is 17.1 Å². The van der Waals surface area contributed by atoms with Crippen molar-refractivity contribution in [3.63, 3.8) is 0 Å². The first kappa shape index (κ1) is 18.6. The van der Waals surface area contributed by atoms with Gasteiger partial charge in [-0.1, -0.05) is 6.07 Å². The molecule has 28 heavy (non-hydrogen) atoms. The molecule has 0 saturated carbocycles. The quantitative estimate of drug-likeness (QED) is 0.619. The Labute approximate surface area is 173 Å². The minimum Gasteiger partial charge on any atom is -0.351 e. The maximum atomic E-state index is 11.3. The van der Waals surface area contributed by atoms with E-state index in [-0.39, 0.29) is 18.0 Å². The summed E-state index contributed by atoms with van der Waals surface area (Å²) in [6, 6.07) is 15.8. The van der Waals surface area contributed by atoms with E-state index in [1.807, 2.05) is 48.7 Å². The summed E-state index contributed by atoms with van der Waals surface area (Å²) in [4.78, 5) is 19.3. The van der Waals surface area contributed by atoms with Gasteiger partial charge in [0.1, 0.15) is 0 Å². The van der Waals surface area contributed by atoms with Crippen molar-refractivity contribution in [2.24, 2.45) is 0 Å². The maximum absolute atomic E-state index is 11.3. The highest BCUT2D eigenvalue weighted by Gasteiger charge is 2.41. The van der Waals surface area contributed by atoms with Gasteiger partial charge in [0.15, 0.2) is 5.11 Å². The fourth-order valence-corrected chi connectivity index (χ4v) is 4.89. The number of anilines is 2. The van der Waals surface area contributed by atoms with Gasteiger partial charge in [-0.05, 0) is 72.5 Å². The molecule has 2 N–H and O–H groups in total. The summed E-state index contributed by atoms with van der Waals surface area (Å²) >= 11 is 7.45. The van der Waals surface area contributed by atoms with E-state index >= 15 is 0 Å². The molecule has 0 bridgehead atoms. The lowest BCUT2D eigenvalue weighted by Crippen LogP contribution is -2.29. The molecule has 142 valence electrons. The number of hydrogen-bond donors (Lipinski definition) is 2. The summed E-state index contributed by atoms with van der Waals surface area (Å²) in [5, 5.41) is 9.04. The molecule has 2 atom stereocenters. The number of hydrogen-bond acceptors (Lipinski definition) is 4. The highest BCUT2D eigenvalue weighted by molar-refractivity contribution is 7.80. The molecule has 0 radical (unpaired) electrons. The van der Waals surface area contributed by atoms with Crippen molar-refractivity contribution < 1.29 is 4.79 Å². The highest BCUT2D eigenvalue weighted by Crippen LogP contribution is 2.44. The minimum atomic E-state index is -0.0894. The van der Waals surface area contributed by atoms with Crippen molar-refractivity contribution in [1.82, 2.24) is 10.3 Å². The van der Waals surface area contributed by atoms with Crippen molar-refractivity contribution in [3.05, 3.63) is 76.2 Å². The molecule has 1 aromatic carbocycles. The molecular formula is C21H20N4OS2. The summed E-state index contributed by atoms with van der Waals surface area (Å²) in [5.41, 5.74) is 3.93. The topological polar surface area (TPSA) is 57.3 Å². The van der Waals surface area contributed by atoms with Gasteiger partial charge in [-0.25, -0.2) is 0 Å². The molecule has 3 aromatic rings. The molecule has 2 aromatic heterocycles. The molecule has 1 fully saturated rings. The van der Waals surface area contributed by atoms with E-state index in [4.69, 9.17) is 12.2 Å². The molecule has 1 amide bonds. The van der Waals surface area contributed by atoms with Crippen molar-refractivity contribution in [1.29, 1.82) is 0 Å². The number of thiocarbonyl (C=S) groups is 1. The lowest BCUT2D eigenvalue weighted by molar-refractivity contribution is -0.114. The van der Waals surface area contributed by atoms with Crippen LogP contribution in [0, 0.1) is 6.92 Å². The Morgan fingerprint density at radius 1 is 1.21 bits per heavy atom. The molecular weight excluding hydrogens is 388 g/mol. The van der Waals surface area contributed by atoms with Crippen LogP contribution in [0.1, 0.15) is 35.1 Å². The number of benzene rings is 1. The van der Waals surface area contributed by atoms with Crippen LogP contribution in [0.15, 0.2) is 60.1 Å². The molecule has 4 rings (SSSR count). The predicted molar refractivity (Wildman–Crippen MR) is 118 cm³/mol. The van der Waals surface area contributed by atoms with Crippen LogP contribution in [-0.2, 0) is 4.79 Å². The summed E-state index contributed by atoms with van der Waals surface area (Å²) in [5.74, 6) is -0.0894. The molecule has 0 unspecified atom stereocenters. The van der Waals surface area contributed by atoms with Crippen molar-refractivity contribution in [2.75, 3.05) is 10.2 Å². The average molecular weight is 409 g/mol. The number of nitrogens with one attached hydrogen (secondary N) is 2. The smallest absolute Gasteiger partial charge is 0.221 e. The SMILES string of the molecule is CC(=O)Nc1ccc(N2C(=S)N[C@H](c3ccccn3)[C@@H]2c2sccc2C)cc1. The Bertz CT molecular complexity index is 1000. The van der Waals surface area contributed by atoms with Gasteiger partial charge in [0.05, 0.1) is 17.8 Å². The Kier molecular flexibility index (Phi) is 5.11. The average Bonchev–Trinajstić information content (AvgIpc) is 3.25. The first-order valence-electron chi connectivity index (χ1n) is 8.97. The van der Waals surface area contributed by atoms with Crippen LogP contribution in [0.25, 0.3) is 0 Å². The molecule has 1 aliphatic rings. The number of pyridine rings is 1. The van der Waals surface area contributed by atoms with E-state index in [1.165, 1.54) is 17.4 Å². The highest BCUT2D eigenvalue weighted by atomic mass is 32.1. The third-order valence-corrected chi connectivity index (χ3v) is 6.14. The number of nitrogens with zero attached hydrogens (tertiary/aromatic N) is 2. The zero-order chi connectivity index (χ0) is 19.7. The molecule has 0 spiro atoms. The van der Waals surface area contributed by atoms with E-state index < -0.39 is 0 Å². The number of aromatic nitrogens is 1. The van der Waals surface area contributed by atoms with E-state index in [9.17, 15) is 4.79 Å². The Morgan fingerprint density at radius 3 is 2.61 bits per heavy atom. The van der Waals surface area contributed by atoms with Gasteiger partial charge < -0.3 is 15.5 Å². The van der Waals surface area contributed by atoms with Crippen molar-refractivity contribution >= 4 is 45.9 Å². The zero-order valence-corrected chi connectivity index (χ0v) is 17.2. The summed E-state index contributed by atoms with van der Waals surface area (Å²) in [7, 11) is 0. The van der Waals surface area contributed by atoms with E-state index in [0.29, 0.717) is 5.11 Å². The van der Waals surface area contributed by atoms with Gasteiger partial charge in [0, 0.05) is 29.4 Å². The molecule has 1 aliphatic heterocycles. The van der Waals surface area contributed by atoms with E-state index in [2.05, 4.69) is 38.9 Å². The second-order valence-electron chi connectivity index (χ2n) is 6.69. The Hall–Kier alpha value is -2.77. The maximum Gasteiger partial charge on any atom is 0.221 e. The van der Waals surface area contributed by atoms with Gasteiger partial charge in [-0.3, -0.25) is 9.78 Å². The molecule has 1 saturated heterocycles. The minimum absolute atomic E-state index is 0.00835. The van der Waals surface area contributed by atoms with Crippen LogP contribution in [0.4, 0.5) is 11.4 Å². The first-order valence-corrected chi connectivity index (χ1v) is 10.3. The third-order valence-electron chi connectivity index (χ3n) is 4.73. The van der Waals surface area contributed by atoms with Gasteiger partial charge in [0.2, 0.25) is 5.91 Å². The molecule has 0 aliphatic carbocycles. The number of carbonyl (C=O) groups excluding carboxylic acids is 1. The monoisotopic (exact) mass is 408 g/mol. The van der Waals surface area contributed by atoms with Crippen LogP contribution in [0.3, 0.4) is 0 Å². The number of aryl methyl sites for hydroxylation is 1. The van der Waals surface area contributed by atoms with E-state index in [1.54, 1.807) is 11.3 Å².